The number of hydrogen-bond donors (Lipinski definition) is 1. The predicted octanol–water partition coefficient (Wildman–Crippen LogP) is 4.65. The highest BCUT2D eigenvalue weighted by molar-refractivity contribution is 9.10. The summed E-state index contributed by atoms with van der Waals surface area (Å²) in [4.78, 5) is 24.4. The highest BCUT2D eigenvalue weighted by atomic mass is 79.9. The molecule has 0 aliphatic rings. The van der Waals surface area contributed by atoms with Crippen molar-refractivity contribution in [1.29, 1.82) is 0 Å². The van der Waals surface area contributed by atoms with E-state index in [4.69, 9.17) is 4.74 Å². The molecule has 0 spiro atoms. The number of halogens is 2. The minimum Gasteiger partial charge on any atom is -0.435 e. The number of anilines is 1. The average Bonchev–Trinajstić information content (AvgIpc) is 2.65. The van der Waals surface area contributed by atoms with Gasteiger partial charge in [-0.15, -0.1) is 0 Å². The summed E-state index contributed by atoms with van der Waals surface area (Å²) in [6.45, 7) is 3.74. The predicted molar refractivity (Wildman–Crippen MR) is 108 cm³/mol. The van der Waals surface area contributed by atoms with Gasteiger partial charge in [0.2, 0.25) is 5.91 Å². The van der Waals surface area contributed by atoms with Crippen LogP contribution in [0.15, 0.2) is 46.9 Å². The first-order valence-corrected chi connectivity index (χ1v) is 9.54. The number of rotatable bonds is 8. The minimum atomic E-state index is -0.822. The van der Waals surface area contributed by atoms with E-state index in [2.05, 4.69) is 26.0 Å². The van der Waals surface area contributed by atoms with Crippen LogP contribution < -0.4 is 5.32 Å². The van der Waals surface area contributed by atoms with E-state index in [1.165, 1.54) is 24.0 Å². The van der Waals surface area contributed by atoms with Crippen molar-refractivity contribution in [2.24, 2.45) is 0 Å². The number of hydrogen-bond acceptors (Lipinski definition) is 5. The van der Waals surface area contributed by atoms with Crippen LogP contribution in [0.2, 0.25) is 0 Å². The molecule has 0 heterocycles. The zero-order valence-electron chi connectivity index (χ0n) is 15.7. The molecule has 0 fully saturated rings. The number of amides is 1. The van der Waals surface area contributed by atoms with Crippen LogP contribution in [0.4, 0.5) is 14.9 Å². The molecule has 0 saturated heterocycles. The van der Waals surface area contributed by atoms with Crippen molar-refractivity contribution < 1.29 is 23.5 Å². The lowest BCUT2D eigenvalue weighted by atomic mass is 10.0. The fraction of sp³-hybridized carbons (Fsp3) is 0.300. The lowest BCUT2D eigenvalue weighted by Gasteiger charge is -2.21. The number of carbonyl (C=O) groups is 2. The molecule has 8 heteroatoms. The lowest BCUT2D eigenvalue weighted by molar-refractivity contribution is -0.132. The minimum absolute atomic E-state index is 0.197. The Kier molecular flexibility index (Phi) is 8.25. The Hall–Kier alpha value is -2.61. The second-order valence-electron chi connectivity index (χ2n) is 5.87. The Morgan fingerprint density at radius 1 is 1.18 bits per heavy atom. The quantitative estimate of drug-likeness (QED) is 0.466. The summed E-state index contributed by atoms with van der Waals surface area (Å²) < 4.78 is 24.2. The summed E-state index contributed by atoms with van der Waals surface area (Å²) in [5.74, 6) is -0.578. The first kappa shape index (κ1) is 21.7. The van der Waals surface area contributed by atoms with Crippen molar-refractivity contribution in [1.82, 2.24) is 4.90 Å². The van der Waals surface area contributed by atoms with E-state index in [1.54, 1.807) is 13.0 Å². The third kappa shape index (κ3) is 6.53. The summed E-state index contributed by atoms with van der Waals surface area (Å²) in [7, 11) is 0. The van der Waals surface area contributed by atoms with E-state index in [9.17, 15) is 14.0 Å². The van der Waals surface area contributed by atoms with Gasteiger partial charge in [0.1, 0.15) is 5.82 Å². The van der Waals surface area contributed by atoms with Gasteiger partial charge in [-0.1, -0.05) is 28.1 Å². The Labute approximate surface area is 171 Å². The van der Waals surface area contributed by atoms with E-state index in [0.717, 1.165) is 15.7 Å². The molecule has 2 rings (SSSR count). The number of nitrogens with zero attached hydrogens (tertiary/aromatic N) is 1. The maximum absolute atomic E-state index is 13.8. The zero-order chi connectivity index (χ0) is 20.5. The smallest absolute Gasteiger partial charge is 0.435 e. The van der Waals surface area contributed by atoms with E-state index in [1.807, 2.05) is 24.3 Å². The normalized spacial score (nSPS) is 10.3. The SMILES string of the molecule is CCOC(=O)OCN(CCNc1ccc(F)cc1-c1cccc(Br)c1)C(C)=O. The third-order valence-electron chi connectivity index (χ3n) is 3.86. The summed E-state index contributed by atoms with van der Waals surface area (Å²) >= 11 is 3.42. The molecular formula is C20H22BrFN2O4. The van der Waals surface area contributed by atoms with Crippen LogP contribution in [0.3, 0.4) is 0 Å². The number of benzene rings is 2. The van der Waals surface area contributed by atoms with Crippen molar-refractivity contribution in [3.63, 3.8) is 0 Å². The van der Waals surface area contributed by atoms with Gasteiger partial charge in [0, 0.05) is 35.7 Å². The van der Waals surface area contributed by atoms with Crippen LogP contribution in [0.25, 0.3) is 11.1 Å². The van der Waals surface area contributed by atoms with Gasteiger partial charge in [0.15, 0.2) is 6.73 Å². The molecule has 0 bridgehead atoms. The van der Waals surface area contributed by atoms with Crippen LogP contribution in [-0.2, 0) is 14.3 Å². The standard InChI is InChI=1S/C20H22BrFN2O4/c1-3-27-20(26)28-13-24(14(2)25)10-9-23-19-8-7-17(22)12-18(19)15-5-4-6-16(21)11-15/h4-8,11-12,23H,3,9-10,13H2,1-2H3. The van der Waals surface area contributed by atoms with Gasteiger partial charge >= 0.3 is 6.16 Å². The first-order chi connectivity index (χ1) is 13.4. The molecule has 6 nitrogen and oxygen atoms in total. The van der Waals surface area contributed by atoms with Crippen LogP contribution in [0, 0.1) is 5.82 Å². The summed E-state index contributed by atoms with van der Waals surface area (Å²) in [5.41, 5.74) is 2.29. The van der Waals surface area contributed by atoms with E-state index in [-0.39, 0.29) is 25.1 Å². The third-order valence-corrected chi connectivity index (χ3v) is 4.35. The molecule has 150 valence electrons. The van der Waals surface area contributed by atoms with Crippen LogP contribution in [0.5, 0.6) is 0 Å². The monoisotopic (exact) mass is 452 g/mol. The van der Waals surface area contributed by atoms with E-state index in [0.29, 0.717) is 18.7 Å². The first-order valence-electron chi connectivity index (χ1n) is 8.75. The maximum atomic E-state index is 13.8. The lowest BCUT2D eigenvalue weighted by Crippen LogP contribution is -2.36. The second kappa shape index (κ2) is 10.7. The topological polar surface area (TPSA) is 67.9 Å². The van der Waals surface area contributed by atoms with Gasteiger partial charge in [-0.05, 0) is 42.8 Å². The molecule has 2 aromatic rings. The number of ether oxygens (including phenoxy) is 2. The number of carbonyl (C=O) groups excluding carboxylic acids is 2. The molecule has 0 saturated carbocycles. The molecule has 0 radical (unpaired) electrons. The molecule has 2 aromatic carbocycles. The summed E-state index contributed by atoms with van der Waals surface area (Å²) in [6, 6.07) is 12.0. The van der Waals surface area contributed by atoms with Gasteiger partial charge in [-0.25, -0.2) is 9.18 Å². The van der Waals surface area contributed by atoms with Gasteiger partial charge in [0.25, 0.3) is 0 Å². The molecular weight excluding hydrogens is 431 g/mol. The molecule has 0 aromatic heterocycles. The Balaban J connectivity index is 2.03. The number of nitrogens with one attached hydrogen (secondary N) is 1. The summed E-state index contributed by atoms with van der Waals surface area (Å²) in [5, 5.41) is 3.21. The van der Waals surface area contributed by atoms with Gasteiger partial charge in [-0.3, -0.25) is 4.79 Å². The van der Waals surface area contributed by atoms with Crippen molar-refractivity contribution in [2.45, 2.75) is 13.8 Å². The van der Waals surface area contributed by atoms with Crippen molar-refractivity contribution >= 4 is 33.7 Å². The highest BCUT2D eigenvalue weighted by Gasteiger charge is 2.13. The zero-order valence-corrected chi connectivity index (χ0v) is 17.3. The molecule has 0 unspecified atom stereocenters. The largest absolute Gasteiger partial charge is 0.509 e. The van der Waals surface area contributed by atoms with E-state index >= 15 is 0 Å². The Bertz CT molecular complexity index is 832. The molecule has 1 N–H and O–H groups in total. The van der Waals surface area contributed by atoms with Crippen LogP contribution in [0.1, 0.15) is 13.8 Å². The maximum Gasteiger partial charge on any atom is 0.509 e. The highest BCUT2D eigenvalue weighted by Crippen LogP contribution is 2.30. The molecule has 0 aliphatic heterocycles. The second-order valence-corrected chi connectivity index (χ2v) is 6.78. The van der Waals surface area contributed by atoms with Gasteiger partial charge in [-0.2, -0.15) is 0 Å². The van der Waals surface area contributed by atoms with Crippen LogP contribution in [-0.4, -0.2) is 43.4 Å². The molecule has 28 heavy (non-hydrogen) atoms. The average molecular weight is 453 g/mol. The Morgan fingerprint density at radius 2 is 1.96 bits per heavy atom. The van der Waals surface area contributed by atoms with Crippen LogP contribution >= 0.6 is 15.9 Å². The van der Waals surface area contributed by atoms with Gasteiger partial charge < -0.3 is 19.7 Å². The van der Waals surface area contributed by atoms with Crippen molar-refractivity contribution in [3.8, 4) is 11.1 Å². The van der Waals surface area contributed by atoms with Crippen molar-refractivity contribution in [2.75, 3.05) is 31.7 Å². The van der Waals surface area contributed by atoms with Gasteiger partial charge in [0.05, 0.1) is 6.61 Å². The summed E-state index contributed by atoms with van der Waals surface area (Å²) in [6.07, 6.45) is -0.822. The molecule has 1 amide bonds. The molecule has 0 aliphatic carbocycles. The molecule has 0 atom stereocenters. The van der Waals surface area contributed by atoms with Crippen molar-refractivity contribution in [3.05, 3.63) is 52.8 Å². The fourth-order valence-electron chi connectivity index (χ4n) is 2.49. The Morgan fingerprint density at radius 3 is 2.64 bits per heavy atom. The van der Waals surface area contributed by atoms with E-state index < -0.39 is 6.16 Å². The fourth-order valence-corrected chi connectivity index (χ4v) is 2.89.